The average Bonchev–Trinajstić information content (AvgIpc) is 2.52. The van der Waals surface area contributed by atoms with Crippen molar-refractivity contribution in [3.05, 3.63) is 23.8 Å². The fourth-order valence-electron chi connectivity index (χ4n) is 3.18. The van der Waals surface area contributed by atoms with Crippen molar-refractivity contribution >= 4 is 34.7 Å². The summed E-state index contributed by atoms with van der Waals surface area (Å²) in [5.41, 5.74) is 8.02. The number of anilines is 1. The minimum Gasteiger partial charge on any atom is -0.395 e. The summed E-state index contributed by atoms with van der Waals surface area (Å²) >= 11 is 6.95. The van der Waals surface area contributed by atoms with Gasteiger partial charge in [0.15, 0.2) is 0 Å². The molecule has 21 heavy (non-hydrogen) atoms. The highest BCUT2D eigenvalue weighted by Gasteiger charge is 2.24. The van der Waals surface area contributed by atoms with Gasteiger partial charge in [-0.1, -0.05) is 37.5 Å². The summed E-state index contributed by atoms with van der Waals surface area (Å²) in [6.07, 6.45) is 8.24. The van der Waals surface area contributed by atoms with Crippen molar-refractivity contribution in [2.45, 2.75) is 43.0 Å². The Morgan fingerprint density at radius 1 is 1.38 bits per heavy atom. The zero-order valence-corrected chi connectivity index (χ0v) is 14.2. The molecule has 5 heteroatoms. The van der Waals surface area contributed by atoms with Crippen LogP contribution in [0.15, 0.2) is 23.1 Å². The third-order valence-electron chi connectivity index (χ3n) is 4.14. The van der Waals surface area contributed by atoms with Crippen LogP contribution in [0.5, 0.6) is 0 Å². The Bertz CT molecular complexity index is 487. The minimum absolute atomic E-state index is 0.150. The minimum atomic E-state index is 0.150. The van der Waals surface area contributed by atoms with Gasteiger partial charge in [-0.2, -0.15) is 0 Å². The van der Waals surface area contributed by atoms with Crippen LogP contribution in [0.2, 0.25) is 0 Å². The molecule has 1 aliphatic carbocycles. The van der Waals surface area contributed by atoms with E-state index in [9.17, 15) is 5.11 Å². The first-order chi connectivity index (χ1) is 10.2. The number of aliphatic hydroxyl groups excluding tert-OH is 1. The highest BCUT2D eigenvalue weighted by Crippen LogP contribution is 2.33. The molecule has 1 fully saturated rings. The largest absolute Gasteiger partial charge is 0.395 e. The van der Waals surface area contributed by atoms with Gasteiger partial charge in [-0.15, -0.1) is 11.8 Å². The molecule has 0 bridgehead atoms. The van der Waals surface area contributed by atoms with Gasteiger partial charge in [-0.05, 0) is 31.2 Å². The molecule has 0 spiro atoms. The van der Waals surface area contributed by atoms with E-state index in [2.05, 4.69) is 23.1 Å². The molecule has 3 N–H and O–H groups in total. The van der Waals surface area contributed by atoms with Crippen LogP contribution in [0.1, 0.15) is 37.7 Å². The molecule has 1 aromatic carbocycles. The van der Waals surface area contributed by atoms with Gasteiger partial charge in [0.1, 0.15) is 4.99 Å². The summed E-state index contributed by atoms with van der Waals surface area (Å²) in [5, 5.41) is 9.47. The summed E-state index contributed by atoms with van der Waals surface area (Å²) in [5.74, 6) is 0. The highest BCUT2D eigenvalue weighted by molar-refractivity contribution is 7.98. The standard InChI is InChI=1S/C16H24N2OS2/c1-21-14-9-5-8-13(15(14)16(17)20)18(10-11-19)12-6-3-2-4-7-12/h5,8-9,12,19H,2-4,6-7,10-11H2,1H3,(H2,17,20). The van der Waals surface area contributed by atoms with Gasteiger partial charge in [0.2, 0.25) is 0 Å². The molecule has 116 valence electrons. The number of nitrogens with zero attached hydrogens (tertiary/aromatic N) is 1. The van der Waals surface area contributed by atoms with Crippen molar-refractivity contribution in [3.8, 4) is 0 Å². The number of hydrogen-bond donors (Lipinski definition) is 2. The van der Waals surface area contributed by atoms with E-state index in [1.807, 2.05) is 6.26 Å². The zero-order chi connectivity index (χ0) is 15.2. The fraction of sp³-hybridized carbons (Fsp3) is 0.562. The number of aliphatic hydroxyl groups is 1. The van der Waals surface area contributed by atoms with Crippen LogP contribution < -0.4 is 10.6 Å². The first-order valence-electron chi connectivity index (χ1n) is 7.53. The Kier molecular flexibility index (Phi) is 6.33. The van der Waals surface area contributed by atoms with Gasteiger partial charge in [0.25, 0.3) is 0 Å². The monoisotopic (exact) mass is 324 g/mol. The molecule has 0 saturated heterocycles. The van der Waals surface area contributed by atoms with Crippen LogP contribution in [-0.4, -0.2) is 35.5 Å². The molecule has 1 saturated carbocycles. The molecule has 3 nitrogen and oxygen atoms in total. The summed E-state index contributed by atoms with van der Waals surface area (Å²) in [4.78, 5) is 3.86. The summed E-state index contributed by atoms with van der Waals surface area (Å²) in [6, 6.07) is 6.67. The third-order valence-corrected chi connectivity index (χ3v) is 5.12. The Balaban J connectivity index is 2.41. The predicted octanol–water partition coefficient (Wildman–Crippen LogP) is 3.17. The van der Waals surface area contributed by atoms with Crippen LogP contribution in [0, 0.1) is 0 Å². The molecular formula is C16H24N2OS2. The Labute approximate surface area is 136 Å². The van der Waals surface area contributed by atoms with Gasteiger partial charge in [-0.25, -0.2) is 0 Å². The molecule has 1 aromatic rings. The molecule has 0 unspecified atom stereocenters. The lowest BCUT2D eigenvalue weighted by Gasteiger charge is -2.37. The van der Waals surface area contributed by atoms with Crippen molar-refractivity contribution in [2.24, 2.45) is 5.73 Å². The Hall–Kier alpha value is -0.780. The lowest BCUT2D eigenvalue weighted by atomic mass is 9.93. The molecule has 0 heterocycles. The smallest absolute Gasteiger partial charge is 0.107 e. The average molecular weight is 325 g/mol. The van der Waals surface area contributed by atoms with Gasteiger partial charge in [-0.3, -0.25) is 0 Å². The first kappa shape index (κ1) is 16.6. The van der Waals surface area contributed by atoms with Gasteiger partial charge in [0.05, 0.1) is 6.61 Å². The quantitative estimate of drug-likeness (QED) is 0.622. The zero-order valence-electron chi connectivity index (χ0n) is 12.5. The van der Waals surface area contributed by atoms with E-state index in [-0.39, 0.29) is 6.61 Å². The third kappa shape index (κ3) is 3.90. The number of thioether (sulfide) groups is 1. The van der Waals surface area contributed by atoms with Crippen molar-refractivity contribution in [2.75, 3.05) is 24.3 Å². The summed E-state index contributed by atoms with van der Waals surface area (Å²) < 4.78 is 0. The van der Waals surface area contributed by atoms with Crippen molar-refractivity contribution < 1.29 is 5.11 Å². The van der Waals surface area contributed by atoms with Crippen LogP contribution in [-0.2, 0) is 0 Å². The van der Waals surface area contributed by atoms with E-state index >= 15 is 0 Å². The number of nitrogens with two attached hydrogens (primary N) is 1. The highest BCUT2D eigenvalue weighted by atomic mass is 32.2. The van der Waals surface area contributed by atoms with E-state index < -0.39 is 0 Å². The summed E-state index contributed by atoms with van der Waals surface area (Å²) in [7, 11) is 0. The maximum Gasteiger partial charge on any atom is 0.107 e. The number of rotatable bonds is 6. The van der Waals surface area contributed by atoms with E-state index in [4.69, 9.17) is 18.0 Å². The molecule has 0 amide bonds. The van der Waals surface area contributed by atoms with Crippen molar-refractivity contribution in [1.29, 1.82) is 0 Å². The number of hydrogen-bond acceptors (Lipinski definition) is 4. The fourth-order valence-corrected chi connectivity index (χ4v) is 4.09. The molecule has 0 radical (unpaired) electrons. The SMILES string of the molecule is CSc1cccc(N(CCO)C2CCCCC2)c1C(N)=S. The lowest BCUT2D eigenvalue weighted by molar-refractivity contribution is 0.290. The Morgan fingerprint density at radius 3 is 2.67 bits per heavy atom. The van der Waals surface area contributed by atoms with Gasteiger partial charge < -0.3 is 15.7 Å². The maximum atomic E-state index is 9.47. The second-order valence-electron chi connectivity index (χ2n) is 5.43. The lowest BCUT2D eigenvalue weighted by Crippen LogP contribution is -2.40. The molecule has 1 aliphatic rings. The van der Waals surface area contributed by atoms with Crippen molar-refractivity contribution in [3.63, 3.8) is 0 Å². The normalized spacial score (nSPS) is 15.9. The Morgan fingerprint density at radius 2 is 2.10 bits per heavy atom. The van der Waals surface area contributed by atoms with Crippen LogP contribution in [0.4, 0.5) is 5.69 Å². The second kappa shape index (κ2) is 8.01. The molecule has 0 aromatic heterocycles. The number of benzene rings is 1. The molecule has 0 atom stereocenters. The first-order valence-corrected chi connectivity index (χ1v) is 9.16. The molecule has 2 rings (SSSR count). The van der Waals surface area contributed by atoms with E-state index in [1.54, 1.807) is 11.8 Å². The summed E-state index contributed by atoms with van der Waals surface area (Å²) in [6.45, 7) is 0.787. The molecule has 0 aliphatic heterocycles. The van der Waals surface area contributed by atoms with E-state index in [0.29, 0.717) is 17.6 Å². The van der Waals surface area contributed by atoms with Gasteiger partial charge in [0, 0.05) is 28.7 Å². The topological polar surface area (TPSA) is 49.5 Å². The van der Waals surface area contributed by atoms with Crippen LogP contribution in [0.25, 0.3) is 0 Å². The second-order valence-corrected chi connectivity index (χ2v) is 6.72. The van der Waals surface area contributed by atoms with E-state index in [0.717, 1.165) is 16.1 Å². The maximum absolute atomic E-state index is 9.47. The number of thiocarbonyl (C=S) groups is 1. The van der Waals surface area contributed by atoms with Crippen LogP contribution >= 0.6 is 24.0 Å². The molecular weight excluding hydrogens is 300 g/mol. The van der Waals surface area contributed by atoms with Crippen molar-refractivity contribution in [1.82, 2.24) is 0 Å². The van der Waals surface area contributed by atoms with Crippen LogP contribution in [0.3, 0.4) is 0 Å². The predicted molar refractivity (Wildman–Crippen MR) is 95.4 cm³/mol. The van der Waals surface area contributed by atoms with E-state index in [1.165, 1.54) is 32.1 Å². The van der Waals surface area contributed by atoms with Gasteiger partial charge >= 0.3 is 0 Å².